The Bertz CT molecular complexity index is 156. The van der Waals surface area contributed by atoms with Gasteiger partial charge in [-0.3, -0.25) is 0 Å². The first-order valence-electron chi connectivity index (χ1n) is 4.52. The molecule has 0 saturated carbocycles. The Morgan fingerprint density at radius 2 is 2.09 bits per heavy atom. The van der Waals surface area contributed by atoms with E-state index in [1.54, 1.807) is 0 Å². The minimum atomic E-state index is 0.654. The van der Waals surface area contributed by atoms with Gasteiger partial charge >= 0.3 is 0 Å². The Kier molecular flexibility index (Phi) is 2.88. The molecule has 0 aliphatic carbocycles. The number of thiocarbonyl (C=S) groups is 1. The van der Waals surface area contributed by atoms with Crippen LogP contribution in [-0.2, 0) is 0 Å². The lowest BCUT2D eigenvalue weighted by Gasteiger charge is -2.48. The lowest BCUT2D eigenvalue weighted by molar-refractivity contribution is 0.189. The molecule has 0 N–H and O–H groups in total. The zero-order valence-electron chi connectivity index (χ0n) is 7.63. The minimum Gasteiger partial charge on any atom is -0.362 e. The van der Waals surface area contributed by atoms with Crippen molar-refractivity contribution in [1.29, 1.82) is 0 Å². The largest absolute Gasteiger partial charge is 0.362 e. The lowest BCUT2D eigenvalue weighted by atomic mass is 9.88. The monoisotopic (exact) mass is 171 g/mol. The molecule has 0 spiro atoms. The molecule has 11 heavy (non-hydrogen) atoms. The Labute approximate surface area is 74.8 Å². The summed E-state index contributed by atoms with van der Waals surface area (Å²) in [6.07, 6.45) is 2.45. The fourth-order valence-electron chi connectivity index (χ4n) is 1.87. The number of nitrogens with zero attached hydrogens (tertiary/aromatic N) is 1. The zero-order chi connectivity index (χ0) is 8.43. The highest BCUT2D eigenvalue weighted by molar-refractivity contribution is 7.80. The highest BCUT2D eigenvalue weighted by Gasteiger charge is 2.37. The third-order valence-corrected chi connectivity index (χ3v) is 3.14. The van der Waals surface area contributed by atoms with E-state index < -0.39 is 0 Å². The van der Waals surface area contributed by atoms with Crippen molar-refractivity contribution in [3.8, 4) is 0 Å². The van der Waals surface area contributed by atoms with Crippen molar-refractivity contribution < 1.29 is 0 Å². The van der Waals surface area contributed by atoms with Gasteiger partial charge in [0.1, 0.15) is 0 Å². The van der Waals surface area contributed by atoms with Crippen LogP contribution in [0.1, 0.15) is 33.6 Å². The molecule has 0 aromatic heterocycles. The van der Waals surface area contributed by atoms with Gasteiger partial charge in [0.2, 0.25) is 0 Å². The quantitative estimate of drug-likeness (QED) is 0.600. The van der Waals surface area contributed by atoms with E-state index in [9.17, 15) is 0 Å². The van der Waals surface area contributed by atoms with E-state index >= 15 is 0 Å². The molecule has 0 bridgehead atoms. The van der Waals surface area contributed by atoms with Gasteiger partial charge in [-0.2, -0.15) is 0 Å². The first kappa shape index (κ1) is 8.98. The van der Waals surface area contributed by atoms with Gasteiger partial charge in [0.05, 0.1) is 4.99 Å². The summed E-state index contributed by atoms with van der Waals surface area (Å²) < 4.78 is 0. The summed E-state index contributed by atoms with van der Waals surface area (Å²) in [4.78, 5) is 3.55. The second kappa shape index (κ2) is 3.53. The molecule has 1 saturated heterocycles. The van der Waals surface area contributed by atoms with E-state index in [4.69, 9.17) is 12.2 Å². The van der Waals surface area contributed by atoms with Gasteiger partial charge < -0.3 is 4.90 Å². The molecule has 1 rings (SSSR count). The third-order valence-electron chi connectivity index (χ3n) is 2.53. The molecule has 1 nitrogen and oxygen atoms in total. The topological polar surface area (TPSA) is 3.24 Å². The molecule has 2 heteroatoms. The van der Waals surface area contributed by atoms with Gasteiger partial charge in [0, 0.05) is 18.5 Å². The van der Waals surface area contributed by atoms with E-state index in [0.29, 0.717) is 5.92 Å². The molecular formula is C9H17NS. The number of hydrogen-bond acceptors (Lipinski definition) is 1. The van der Waals surface area contributed by atoms with E-state index in [1.165, 1.54) is 17.8 Å². The fourth-order valence-corrected chi connectivity index (χ4v) is 2.25. The van der Waals surface area contributed by atoms with E-state index in [1.807, 2.05) is 0 Å². The van der Waals surface area contributed by atoms with Crippen molar-refractivity contribution >= 4 is 17.2 Å². The van der Waals surface area contributed by atoms with Crippen LogP contribution in [0, 0.1) is 5.92 Å². The highest BCUT2D eigenvalue weighted by atomic mass is 32.1. The fraction of sp³-hybridized carbons (Fsp3) is 0.889. The van der Waals surface area contributed by atoms with Crippen molar-refractivity contribution in [1.82, 2.24) is 4.90 Å². The van der Waals surface area contributed by atoms with Gasteiger partial charge in [-0.25, -0.2) is 0 Å². The van der Waals surface area contributed by atoms with Crippen LogP contribution >= 0.6 is 12.2 Å². The number of likely N-dealkylation sites (tertiary alicyclic amines) is 1. The van der Waals surface area contributed by atoms with E-state index in [-0.39, 0.29) is 0 Å². The minimum absolute atomic E-state index is 0.654. The molecular weight excluding hydrogens is 154 g/mol. The first-order chi connectivity index (χ1) is 5.22. The predicted molar refractivity (Wildman–Crippen MR) is 52.8 cm³/mol. The molecule has 1 aliphatic heterocycles. The molecule has 1 fully saturated rings. The van der Waals surface area contributed by atoms with Gasteiger partial charge in [-0.15, -0.1) is 0 Å². The summed E-state index contributed by atoms with van der Waals surface area (Å²) in [5, 5.41) is 0. The SMILES string of the molecule is CCCN1C(=S)[C@H](C)[C@@H]1CC. The van der Waals surface area contributed by atoms with Crippen molar-refractivity contribution in [2.45, 2.75) is 39.7 Å². The summed E-state index contributed by atoms with van der Waals surface area (Å²) in [5.74, 6) is 0.654. The highest BCUT2D eigenvalue weighted by Crippen LogP contribution is 2.29. The summed E-state index contributed by atoms with van der Waals surface area (Å²) >= 11 is 5.26. The summed E-state index contributed by atoms with van der Waals surface area (Å²) in [7, 11) is 0. The lowest BCUT2D eigenvalue weighted by Crippen LogP contribution is -2.58. The maximum absolute atomic E-state index is 5.26. The molecule has 0 aromatic rings. The average Bonchev–Trinajstić information content (AvgIpc) is 2.04. The molecule has 64 valence electrons. The van der Waals surface area contributed by atoms with Crippen molar-refractivity contribution in [3.05, 3.63) is 0 Å². The van der Waals surface area contributed by atoms with Crippen LogP contribution in [0.4, 0.5) is 0 Å². The number of hydrogen-bond donors (Lipinski definition) is 0. The van der Waals surface area contributed by atoms with Crippen molar-refractivity contribution in [3.63, 3.8) is 0 Å². The number of rotatable bonds is 3. The summed E-state index contributed by atoms with van der Waals surface area (Å²) in [6.45, 7) is 7.84. The van der Waals surface area contributed by atoms with Crippen LogP contribution in [0.5, 0.6) is 0 Å². The molecule has 1 aliphatic rings. The second-order valence-electron chi connectivity index (χ2n) is 3.30. The van der Waals surface area contributed by atoms with Gasteiger partial charge in [0.15, 0.2) is 0 Å². The Morgan fingerprint density at radius 1 is 1.45 bits per heavy atom. The van der Waals surface area contributed by atoms with Crippen LogP contribution in [-0.4, -0.2) is 22.5 Å². The molecule has 0 radical (unpaired) electrons. The smallest absolute Gasteiger partial charge is 0.0831 e. The standard InChI is InChI=1S/C9H17NS/c1-4-6-10-8(5-2)7(3)9(10)11/h7-8H,4-6H2,1-3H3/t7-,8+/m1/s1. The van der Waals surface area contributed by atoms with E-state index in [2.05, 4.69) is 25.7 Å². The second-order valence-corrected chi connectivity index (χ2v) is 3.71. The Morgan fingerprint density at radius 3 is 2.55 bits per heavy atom. The van der Waals surface area contributed by atoms with Gasteiger partial charge in [-0.1, -0.05) is 33.0 Å². The summed E-state index contributed by atoms with van der Waals surface area (Å²) in [5.41, 5.74) is 0. The zero-order valence-corrected chi connectivity index (χ0v) is 8.45. The third kappa shape index (κ3) is 1.41. The summed E-state index contributed by atoms with van der Waals surface area (Å²) in [6, 6.07) is 0.738. The van der Waals surface area contributed by atoms with Crippen molar-refractivity contribution in [2.24, 2.45) is 5.92 Å². The van der Waals surface area contributed by atoms with Crippen LogP contribution in [0.25, 0.3) is 0 Å². The van der Waals surface area contributed by atoms with Crippen molar-refractivity contribution in [2.75, 3.05) is 6.54 Å². The molecule has 0 unspecified atom stereocenters. The van der Waals surface area contributed by atoms with Gasteiger partial charge in [-0.05, 0) is 12.8 Å². The van der Waals surface area contributed by atoms with Crippen LogP contribution < -0.4 is 0 Å². The van der Waals surface area contributed by atoms with Crippen LogP contribution in [0.3, 0.4) is 0 Å². The Balaban J connectivity index is 2.46. The molecule has 2 atom stereocenters. The van der Waals surface area contributed by atoms with Crippen LogP contribution in [0.15, 0.2) is 0 Å². The predicted octanol–water partition coefficient (Wildman–Crippen LogP) is 2.45. The maximum Gasteiger partial charge on any atom is 0.0831 e. The Hall–Kier alpha value is -0.110. The first-order valence-corrected chi connectivity index (χ1v) is 4.93. The molecule has 1 heterocycles. The molecule has 0 aromatic carbocycles. The van der Waals surface area contributed by atoms with E-state index in [0.717, 1.165) is 12.6 Å². The average molecular weight is 171 g/mol. The maximum atomic E-state index is 5.26. The normalized spacial score (nSPS) is 30.5. The van der Waals surface area contributed by atoms with Gasteiger partial charge in [0.25, 0.3) is 0 Å². The van der Waals surface area contributed by atoms with Crippen LogP contribution in [0.2, 0.25) is 0 Å². The molecule has 0 amide bonds.